The summed E-state index contributed by atoms with van der Waals surface area (Å²) in [6.45, 7) is 1.22. The van der Waals surface area contributed by atoms with Gasteiger partial charge in [-0.1, -0.05) is 12.1 Å². The van der Waals surface area contributed by atoms with Crippen LogP contribution in [0.4, 0.5) is 4.79 Å². The van der Waals surface area contributed by atoms with Crippen molar-refractivity contribution in [3.8, 4) is 0 Å². The molecule has 0 spiro atoms. The molecule has 7 nitrogen and oxygen atoms in total. The van der Waals surface area contributed by atoms with Gasteiger partial charge in [0.05, 0.1) is 12.0 Å². The van der Waals surface area contributed by atoms with Gasteiger partial charge in [0.1, 0.15) is 0 Å². The Morgan fingerprint density at radius 2 is 2.04 bits per heavy atom. The number of piperidine rings is 1. The highest BCUT2D eigenvalue weighted by Gasteiger charge is 2.25. The van der Waals surface area contributed by atoms with Gasteiger partial charge in [-0.2, -0.15) is 0 Å². The van der Waals surface area contributed by atoms with Gasteiger partial charge in [0.15, 0.2) is 0 Å². The second-order valence-electron chi connectivity index (χ2n) is 5.59. The molecule has 3 N–H and O–H groups in total. The lowest BCUT2D eigenvalue weighted by molar-refractivity contribution is -0.136. The molecule has 0 aliphatic carbocycles. The topological polar surface area (TPSA) is 107 Å². The van der Waals surface area contributed by atoms with E-state index in [9.17, 15) is 14.4 Å². The Morgan fingerprint density at radius 1 is 1.26 bits per heavy atom. The van der Waals surface area contributed by atoms with Crippen molar-refractivity contribution in [2.24, 2.45) is 0 Å². The van der Waals surface area contributed by atoms with Crippen molar-refractivity contribution in [2.45, 2.75) is 25.2 Å². The molecule has 0 aromatic heterocycles. The summed E-state index contributed by atoms with van der Waals surface area (Å²) in [5.41, 5.74) is 1.15. The molecule has 1 aromatic rings. The predicted molar refractivity (Wildman–Crippen MR) is 82.6 cm³/mol. The number of carbonyl (C=O) groups is 3. The van der Waals surface area contributed by atoms with Crippen LogP contribution in [0.2, 0.25) is 0 Å². The summed E-state index contributed by atoms with van der Waals surface area (Å²) in [5, 5.41) is 20.3. The number of benzene rings is 1. The van der Waals surface area contributed by atoms with Gasteiger partial charge >= 0.3 is 18.0 Å². The van der Waals surface area contributed by atoms with Gasteiger partial charge in [-0.25, -0.2) is 9.59 Å². The van der Waals surface area contributed by atoms with Crippen molar-refractivity contribution in [3.05, 3.63) is 35.4 Å². The van der Waals surface area contributed by atoms with Crippen LogP contribution >= 0.6 is 0 Å². The molecule has 0 unspecified atom stereocenters. The van der Waals surface area contributed by atoms with Crippen LogP contribution in [0.25, 0.3) is 0 Å². The summed E-state index contributed by atoms with van der Waals surface area (Å²) in [6, 6.07) is 6.52. The van der Waals surface area contributed by atoms with E-state index in [0.717, 1.165) is 18.4 Å². The molecule has 1 atom stereocenters. The third-order valence-corrected chi connectivity index (χ3v) is 3.93. The molecule has 2 amide bonds. The zero-order chi connectivity index (χ0) is 16.8. The number of carboxylic acids is 2. The summed E-state index contributed by atoms with van der Waals surface area (Å²) in [7, 11) is 0. The van der Waals surface area contributed by atoms with E-state index < -0.39 is 11.9 Å². The van der Waals surface area contributed by atoms with Crippen molar-refractivity contribution < 1.29 is 24.6 Å². The maximum absolute atomic E-state index is 12.1. The maximum atomic E-state index is 12.1. The summed E-state index contributed by atoms with van der Waals surface area (Å²) in [6.07, 6.45) is 1.61. The monoisotopic (exact) mass is 320 g/mol. The number of hydrogen-bond acceptors (Lipinski definition) is 3. The molecule has 0 bridgehead atoms. The molecule has 1 aliphatic rings. The van der Waals surface area contributed by atoms with E-state index in [1.54, 1.807) is 23.1 Å². The zero-order valence-corrected chi connectivity index (χ0v) is 12.7. The number of urea groups is 1. The molecule has 1 saturated heterocycles. The number of carbonyl (C=O) groups excluding carboxylic acids is 1. The highest BCUT2D eigenvalue weighted by atomic mass is 16.4. The van der Waals surface area contributed by atoms with Crippen LogP contribution in [0.3, 0.4) is 0 Å². The Balaban J connectivity index is 1.97. The minimum Gasteiger partial charge on any atom is -0.481 e. The molecule has 7 heteroatoms. The van der Waals surface area contributed by atoms with E-state index in [1.165, 1.54) is 0 Å². The minimum absolute atomic E-state index is 0.0910. The van der Waals surface area contributed by atoms with E-state index in [0.29, 0.717) is 13.1 Å². The van der Waals surface area contributed by atoms with Crippen molar-refractivity contribution in [3.63, 3.8) is 0 Å². The highest BCUT2D eigenvalue weighted by Crippen LogP contribution is 2.27. The Morgan fingerprint density at radius 3 is 2.74 bits per heavy atom. The Kier molecular flexibility index (Phi) is 5.56. The van der Waals surface area contributed by atoms with Crippen LogP contribution in [-0.4, -0.2) is 52.7 Å². The SMILES string of the molecule is O=C(O)CCNC(=O)N1CCC[C@@H](c2cccc(C(=O)O)c2)C1. The fourth-order valence-electron chi connectivity index (χ4n) is 2.75. The number of hydrogen-bond donors (Lipinski definition) is 3. The molecule has 1 fully saturated rings. The number of carboxylic acid groups (broad SMARTS) is 2. The third-order valence-electron chi connectivity index (χ3n) is 3.93. The van der Waals surface area contributed by atoms with Crippen LogP contribution in [0.5, 0.6) is 0 Å². The largest absolute Gasteiger partial charge is 0.481 e. The van der Waals surface area contributed by atoms with Gasteiger partial charge in [0.25, 0.3) is 0 Å². The molecule has 0 radical (unpaired) electrons. The molecular formula is C16H20N2O5. The van der Waals surface area contributed by atoms with E-state index >= 15 is 0 Å². The molecular weight excluding hydrogens is 300 g/mol. The van der Waals surface area contributed by atoms with Crippen molar-refractivity contribution in [1.82, 2.24) is 10.2 Å². The van der Waals surface area contributed by atoms with Gasteiger partial charge in [-0.05, 0) is 30.5 Å². The lowest BCUT2D eigenvalue weighted by Crippen LogP contribution is -2.45. The van der Waals surface area contributed by atoms with Crippen molar-refractivity contribution in [1.29, 1.82) is 0 Å². The van der Waals surface area contributed by atoms with E-state index in [1.807, 2.05) is 6.07 Å². The first-order valence-corrected chi connectivity index (χ1v) is 7.55. The molecule has 2 rings (SSSR count). The van der Waals surface area contributed by atoms with Gasteiger partial charge in [0.2, 0.25) is 0 Å². The van der Waals surface area contributed by atoms with Gasteiger partial charge in [-0.3, -0.25) is 4.79 Å². The Hall–Kier alpha value is -2.57. The van der Waals surface area contributed by atoms with Crippen molar-refractivity contribution >= 4 is 18.0 Å². The number of nitrogens with zero attached hydrogens (tertiary/aromatic N) is 1. The second-order valence-corrected chi connectivity index (χ2v) is 5.59. The first-order chi connectivity index (χ1) is 11.0. The van der Waals surface area contributed by atoms with Crippen LogP contribution < -0.4 is 5.32 Å². The molecule has 124 valence electrons. The number of rotatable bonds is 5. The molecule has 0 saturated carbocycles. The molecule has 1 aliphatic heterocycles. The minimum atomic E-state index is -0.967. The summed E-state index contributed by atoms with van der Waals surface area (Å²) >= 11 is 0. The molecule has 1 heterocycles. The fraction of sp³-hybridized carbons (Fsp3) is 0.438. The smallest absolute Gasteiger partial charge is 0.335 e. The first kappa shape index (κ1) is 16.8. The number of nitrogens with one attached hydrogen (secondary N) is 1. The average molecular weight is 320 g/mol. The van der Waals surface area contributed by atoms with Gasteiger partial charge in [0, 0.05) is 25.6 Å². The quantitative estimate of drug-likeness (QED) is 0.766. The standard InChI is InChI=1S/C16H20N2O5/c19-14(20)6-7-17-16(23)18-8-2-5-13(10-18)11-3-1-4-12(9-11)15(21)22/h1,3-4,9,13H,2,5-8,10H2,(H,17,23)(H,19,20)(H,21,22)/t13-/m1/s1. The molecule has 1 aromatic carbocycles. The highest BCUT2D eigenvalue weighted by molar-refractivity contribution is 5.87. The summed E-state index contributed by atoms with van der Waals surface area (Å²) in [5.74, 6) is -1.83. The predicted octanol–water partition coefficient (Wildman–Crippen LogP) is 1.75. The number of amides is 2. The lowest BCUT2D eigenvalue weighted by atomic mass is 9.90. The molecule has 23 heavy (non-hydrogen) atoms. The lowest BCUT2D eigenvalue weighted by Gasteiger charge is -2.33. The third kappa shape index (κ3) is 4.70. The van der Waals surface area contributed by atoms with Crippen LogP contribution in [-0.2, 0) is 4.79 Å². The number of aliphatic carboxylic acids is 1. The van der Waals surface area contributed by atoms with Gasteiger partial charge < -0.3 is 20.4 Å². The number of likely N-dealkylation sites (tertiary alicyclic amines) is 1. The maximum Gasteiger partial charge on any atom is 0.335 e. The summed E-state index contributed by atoms with van der Waals surface area (Å²) in [4.78, 5) is 35.2. The van der Waals surface area contributed by atoms with E-state index in [4.69, 9.17) is 10.2 Å². The van der Waals surface area contributed by atoms with Crippen LogP contribution in [0, 0.1) is 0 Å². The first-order valence-electron chi connectivity index (χ1n) is 7.55. The summed E-state index contributed by atoms with van der Waals surface area (Å²) < 4.78 is 0. The van der Waals surface area contributed by atoms with E-state index in [-0.39, 0.29) is 30.5 Å². The van der Waals surface area contributed by atoms with Crippen LogP contribution in [0.1, 0.15) is 41.1 Å². The normalized spacial score (nSPS) is 17.6. The van der Waals surface area contributed by atoms with Crippen LogP contribution in [0.15, 0.2) is 24.3 Å². The fourth-order valence-corrected chi connectivity index (χ4v) is 2.75. The Labute approximate surface area is 133 Å². The number of aromatic carboxylic acids is 1. The zero-order valence-electron chi connectivity index (χ0n) is 12.7. The average Bonchev–Trinajstić information content (AvgIpc) is 2.54. The van der Waals surface area contributed by atoms with Gasteiger partial charge in [-0.15, -0.1) is 0 Å². The second kappa shape index (κ2) is 7.62. The Bertz CT molecular complexity index is 602. The van der Waals surface area contributed by atoms with E-state index in [2.05, 4.69) is 5.32 Å². The van der Waals surface area contributed by atoms with Crippen molar-refractivity contribution in [2.75, 3.05) is 19.6 Å².